The predicted molar refractivity (Wildman–Crippen MR) is 60.7 cm³/mol. The third-order valence-electron chi connectivity index (χ3n) is 2.79. The van der Waals surface area contributed by atoms with Gasteiger partial charge in [0.2, 0.25) is 11.6 Å². The van der Waals surface area contributed by atoms with Crippen LogP contribution in [0.2, 0.25) is 0 Å². The number of nitrogens with one attached hydrogen (secondary N) is 1. The van der Waals surface area contributed by atoms with E-state index in [1.807, 2.05) is 0 Å². The van der Waals surface area contributed by atoms with E-state index in [0.29, 0.717) is 5.56 Å². The summed E-state index contributed by atoms with van der Waals surface area (Å²) in [5, 5.41) is 19.9. The summed E-state index contributed by atoms with van der Waals surface area (Å²) in [6.45, 7) is 1.36. The van der Waals surface area contributed by atoms with Crippen LogP contribution in [0.3, 0.4) is 0 Å². The van der Waals surface area contributed by atoms with E-state index in [1.54, 1.807) is 5.32 Å². The van der Waals surface area contributed by atoms with Crippen molar-refractivity contribution in [3.05, 3.63) is 47.3 Å². The first-order chi connectivity index (χ1) is 8.84. The van der Waals surface area contributed by atoms with Crippen LogP contribution in [0.4, 0.5) is 9.18 Å². The lowest BCUT2D eigenvalue weighted by Crippen LogP contribution is -2.32. The number of ketones is 1. The SMILES string of the molecule is CC1(c2ccc(F)cc2)OC(NC(=O)O)=C(O)C1=O. The first-order valence-corrected chi connectivity index (χ1v) is 5.27. The van der Waals surface area contributed by atoms with Crippen LogP contribution >= 0.6 is 0 Å². The Morgan fingerprint density at radius 2 is 1.95 bits per heavy atom. The molecule has 3 N–H and O–H groups in total. The van der Waals surface area contributed by atoms with E-state index >= 15 is 0 Å². The Hall–Kier alpha value is -2.57. The lowest BCUT2D eigenvalue weighted by molar-refractivity contribution is -0.131. The fraction of sp³-hybridized carbons (Fsp3) is 0.167. The van der Waals surface area contributed by atoms with Crippen LogP contribution in [-0.4, -0.2) is 22.1 Å². The number of aliphatic hydroxyl groups is 1. The van der Waals surface area contributed by atoms with Crippen LogP contribution < -0.4 is 5.32 Å². The van der Waals surface area contributed by atoms with Crippen molar-refractivity contribution in [3.8, 4) is 0 Å². The van der Waals surface area contributed by atoms with Gasteiger partial charge in [0.1, 0.15) is 5.82 Å². The second kappa shape index (κ2) is 4.27. The van der Waals surface area contributed by atoms with E-state index < -0.39 is 34.9 Å². The summed E-state index contributed by atoms with van der Waals surface area (Å²) in [4.78, 5) is 22.4. The number of amides is 1. The van der Waals surface area contributed by atoms with Gasteiger partial charge in [0.25, 0.3) is 5.78 Å². The number of hydrogen-bond donors (Lipinski definition) is 3. The molecule has 1 aliphatic heterocycles. The van der Waals surface area contributed by atoms with Gasteiger partial charge in [-0.05, 0) is 19.1 Å². The molecule has 0 aromatic heterocycles. The molecule has 1 unspecified atom stereocenters. The molecular weight excluding hydrogens is 257 g/mol. The molecule has 7 heteroatoms. The maximum absolute atomic E-state index is 12.8. The molecule has 2 rings (SSSR count). The van der Waals surface area contributed by atoms with Crippen molar-refractivity contribution in [2.75, 3.05) is 0 Å². The number of Topliss-reactive ketones (excluding diaryl/α,β-unsaturated/α-hetero) is 1. The molecule has 1 aromatic carbocycles. The van der Waals surface area contributed by atoms with E-state index in [4.69, 9.17) is 9.84 Å². The lowest BCUT2D eigenvalue weighted by atomic mass is 9.92. The first kappa shape index (κ1) is 12.9. The average molecular weight is 267 g/mol. The normalized spacial score (nSPS) is 22.3. The summed E-state index contributed by atoms with van der Waals surface area (Å²) in [6, 6.07) is 4.92. The zero-order chi connectivity index (χ0) is 14.2. The van der Waals surface area contributed by atoms with Gasteiger partial charge in [-0.15, -0.1) is 0 Å². The van der Waals surface area contributed by atoms with Crippen molar-refractivity contribution >= 4 is 11.9 Å². The quantitative estimate of drug-likeness (QED) is 0.757. The molecule has 0 saturated heterocycles. The molecule has 1 heterocycles. The monoisotopic (exact) mass is 267 g/mol. The van der Waals surface area contributed by atoms with Crippen molar-refractivity contribution in [1.29, 1.82) is 0 Å². The van der Waals surface area contributed by atoms with Gasteiger partial charge < -0.3 is 14.9 Å². The van der Waals surface area contributed by atoms with E-state index in [0.717, 1.165) is 12.1 Å². The Bertz CT molecular complexity index is 580. The Morgan fingerprint density at radius 1 is 1.37 bits per heavy atom. The van der Waals surface area contributed by atoms with Gasteiger partial charge in [-0.3, -0.25) is 10.1 Å². The highest BCUT2D eigenvalue weighted by atomic mass is 19.1. The maximum atomic E-state index is 12.8. The summed E-state index contributed by atoms with van der Waals surface area (Å²) in [5.74, 6) is -2.64. The predicted octanol–water partition coefficient (Wildman–Crippen LogP) is 1.63. The third-order valence-corrected chi connectivity index (χ3v) is 2.79. The summed E-state index contributed by atoms with van der Waals surface area (Å²) < 4.78 is 18.0. The molecule has 0 saturated carbocycles. The largest absolute Gasteiger partial charge is 0.501 e. The maximum Gasteiger partial charge on any atom is 0.411 e. The minimum Gasteiger partial charge on any atom is -0.501 e. The van der Waals surface area contributed by atoms with Crippen LogP contribution in [0, 0.1) is 5.82 Å². The minimum atomic E-state index is -1.59. The molecule has 0 spiro atoms. The Balaban J connectivity index is 2.35. The van der Waals surface area contributed by atoms with E-state index in [2.05, 4.69) is 0 Å². The van der Waals surface area contributed by atoms with Crippen LogP contribution in [0.5, 0.6) is 0 Å². The van der Waals surface area contributed by atoms with Gasteiger partial charge in [-0.25, -0.2) is 9.18 Å². The van der Waals surface area contributed by atoms with E-state index in [-0.39, 0.29) is 0 Å². The molecule has 1 aromatic rings. The van der Waals surface area contributed by atoms with Crippen molar-refractivity contribution in [2.45, 2.75) is 12.5 Å². The molecule has 0 radical (unpaired) electrons. The molecule has 100 valence electrons. The number of benzene rings is 1. The highest BCUT2D eigenvalue weighted by Crippen LogP contribution is 2.36. The Labute approximate surface area is 107 Å². The Kier molecular flexibility index (Phi) is 2.89. The summed E-state index contributed by atoms with van der Waals surface area (Å²) >= 11 is 0. The first-order valence-electron chi connectivity index (χ1n) is 5.27. The van der Waals surface area contributed by atoms with Gasteiger partial charge >= 0.3 is 6.09 Å². The van der Waals surface area contributed by atoms with Gasteiger partial charge in [-0.1, -0.05) is 12.1 Å². The van der Waals surface area contributed by atoms with E-state index in [1.165, 1.54) is 19.1 Å². The highest BCUT2D eigenvalue weighted by Gasteiger charge is 2.48. The number of carbonyl (C=O) groups is 2. The topological polar surface area (TPSA) is 95.9 Å². The van der Waals surface area contributed by atoms with Crippen molar-refractivity contribution in [3.63, 3.8) is 0 Å². The summed E-state index contributed by atoms with van der Waals surface area (Å²) in [6.07, 6.45) is -1.47. The molecule has 0 bridgehead atoms. The molecule has 0 fully saturated rings. The third kappa shape index (κ3) is 2.10. The Morgan fingerprint density at radius 3 is 2.47 bits per heavy atom. The van der Waals surface area contributed by atoms with Crippen LogP contribution in [0.15, 0.2) is 35.9 Å². The zero-order valence-electron chi connectivity index (χ0n) is 9.81. The second-order valence-electron chi connectivity index (χ2n) is 4.08. The standard InChI is InChI=1S/C12H10FNO5/c1-12(6-2-4-7(13)5-3-6)9(16)8(15)10(19-12)14-11(17)18/h2-5,14-15H,1H3,(H,17,18). The van der Waals surface area contributed by atoms with Crippen molar-refractivity contribution < 1.29 is 28.9 Å². The average Bonchev–Trinajstić information content (AvgIpc) is 2.55. The smallest absolute Gasteiger partial charge is 0.411 e. The number of carbonyl (C=O) groups excluding carboxylic acids is 1. The van der Waals surface area contributed by atoms with Crippen molar-refractivity contribution in [2.24, 2.45) is 0 Å². The van der Waals surface area contributed by atoms with Gasteiger partial charge in [0.15, 0.2) is 5.60 Å². The molecule has 6 nitrogen and oxygen atoms in total. The number of aliphatic hydroxyl groups excluding tert-OH is 1. The lowest BCUT2D eigenvalue weighted by Gasteiger charge is -2.23. The number of carboxylic acid groups (broad SMARTS) is 1. The van der Waals surface area contributed by atoms with E-state index in [9.17, 15) is 19.1 Å². The molecule has 1 aliphatic rings. The molecule has 19 heavy (non-hydrogen) atoms. The number of hydrogen-bond acceptors (Lipinski definition) is 4. The number of rotatable bonds is 2. The fourth-order valence-corrected chi connectivity index (χ4v) is 1.77. The zero-order valence-corrected chi connectivity index (χ0v) is 9.81. The number of halogens is 1. The molecule has 0 aliphatic carbocycles. The van der Waals surface area contributed by atoms with Crippen LogP contribution in [-0.2, 0) is 15.1 Å². The minimum absolute atomic E-state index is 0.299. The van der Waals surface area contributed by atoms with Crippen molar-refractivity contribution in [1.82, 2.24) is 5.32 Å². The molecule has 1 amide bonds. The van der Waals surface area contributed by atoms with Crippen LogP contribution in [0.25, 0.3) is 0 Å². The van der Waals surface area contributed by atoms with Gasteiger partial charge in [0.05, 0.1) is 0 Å². The number of ether oxygens (including phenoxy) is 1. The van der Waals surface area contributed by atoms with Crippen LogP contribution in [0.1, 0.15) is 12.5 Å². The fourth-order valence-electron chi connectivity index (χ4n) is 1.77. The summed E-state index contributed by atoms with van der Waals surface area (Å²) in [5.41, 5.74) is -1.29. The molecular formula is C12H10FNO5. The highest BCUT2D eigenvalue weighted by molar-refractivity contribution is 6.03. The van der Waals surface area contributed by atoms with Gasteiger partial charge in [-0.2, -0.15) is 0 Å². The second-order valence-corrected chi connectivity index (χ2v) is 4.08. The summed E-state index contributed by atoms with van der Waals surface area (Å²) in [7, 11) is 0. The van der Waals surface area contributed by atoms with Gasteiger partial charge in [0, 0.05) is 5.56 Å². The molecule has 1 atom stereocenters.